The van der Waals surface area contributed by atoms with E-state index >= 15 is 0 Å². The molecule has 80 valence electrons. The molecular formula is C11H20N2O. The quantitative estimate of drug-likeness (QED) is 0.727. The molecule has 0 bridgehead atoms. The summed E-state index contributed by atoms with van der Waals surface area (Å²) in [5.74, 6) is 1.04. The van der Waals surface area contributed by atoms with Gasteiger partial charge in [-0.3, -0.25) is 4.79 Å². The molecule has 1 amide bonds. The minimum Gasteiger partial charge on any atom is -0.344 e. The summed E-state index contributed by atoms with van der Waals surface area (Å²) in [7, 11) is 1.94. The molecule has 3 nitrogen and oxygen atoms in total. The number of likely N-dealkylation sites (N-methyl/N-ethyl adjacent to an activating group) is 1. The molecule has 2 rings (SSSR count). The van der Waals surface area contributed by atoms with Gasteiger partial charge in [0.2, 0.25) is 5.91 Å². The Bertz CT molecular complexity index is 207. The van der Waals surface area contributed by atoms with Crippen LogP contribution in [-0.4, -0.2) is 37.0 Å². The van der Waals surface area contributed by atoms with Crippen LogP contribution in [0.1, 0.15) is 32.1 Å². The number of carbonyl (C=O) groups excluding carboxylic acids is 1. The molecule has 2 aliphatic rings. The van der Waals surface area contributed by atoms with Gasteiger partial charge in [-0.05, 0) is 38.1 Å². The molecule has 1 heterocycles. The summed E-state index contributed by atoms with van der Waals surface area (Å²) in [5, 5.41) is 3.42. The molecule has 1 aliphatic carbocycles. The molecule has 0 aromatic rings. The highest BCUT2D eigenvalue weighted by Gasteiger charge is 2.27. The van der Waals surface area contributed by atoms with Crippen LogP contribution in [0.25, 0.3) is 0 Å². The zero-order valence-corrected chi connectivity index (χ0v) is 8.96. The van der Waals surface area contributed by atoms with Crippen molar-refractivity contribution in [2.75, 3.05) is 20.1 Å². The molecule has 0 spiro atoms. The molecule has 1 aliphatic heterocycles. The van der Waals surface area contributed by atoms with Gasteiger partial charge in [-0.15, -0.1) is 0 Å². The van der Waals surface area contributed by atoms with Crippen molar-refractivity contribution < 1.29 is 4.79 Å². The van der Waals surface area contributed by atoms with Crippen molar-refractivity contribution >= 4 is 5.91 Å². The number of nitrogens with zero attached hydrogens (tertiary/aromatic N) is 1. The van der Waals surface area contributed by atoms with E-state index in [0.717, 1.165) is 19.5 Å². The summed E-state index contributed by atoms with van der Waals surface area (Å²) in [6, 6.07) is 0.545. The average molecular weight is 196 g/mol. The number of hydrogen-bond acceptors (Lipinski definition) is 2. The third-order valence-electron chi connectivity index (χ3n) is 3.24. The minimum absolute atomic E-state index is 0.334. The highest BCUT2D eigenvalue weighted by atomic mass is 16.2. The van der Waals surface area contributed by atoms with Gasteiger partial charge in [-0.1, -0.05) is 0 Å². The van der Waals surface area contributed by atoms with Crippen LogP contribution in [0.15, 0.2) is 0 Å². The molecule has 2 fully saturated rings. The lowest BCUT2D eigenvalue weighted by Crippen LogP contribution is -2.38. The first-order valence-corrected chi connectivity index (χ1v) is 5.73. The van der Waals surface area contributed by atoms with E-state index in [2.05, 4.69) is 5.32 Å². The van der Waals surface area contributed by atoms with E-state index < -0.39 is 0 Å². The van der Waals surface area contributed by atoms with Gasteiger partial charge in [0.05, 0.1) is 0 Å². The molecule has 1 unspecified atom stereocenters. The van der Waals surface area contributed by atoms with Crippen LogP contribution in [0.5, 0.6) is 0 Å². The van der Waals surface area contributed by atoms with Gasteiger partial charge in [-0.25, -0.2) is 0 Å². The van der Waals surface area contributed by atoms with Crippen LogP contribution in [0, 0.1) is 5.92 Å². The Labute approximate surface area is 85.8 Å². The van der Waals surface area contributed by atoms with Gasteiger partial charge in [0, 0.05) is 26.1 Å². The molecular weight excluding hydrogens is 176 g/mol. The van der Waals surface area contributed by atoms with Gasteiger partial charge in [0.25, 0.3) is 0 Å². The first kappa shape index (κ1) is 9.97. The Morgan fingerprint density at radius 1 is 1.43 bits per heavy atom. The lowest BCUT2D eigenvalue weighted by atomic mass is 10.2. The standard InChI is InChI=1S/C11H20N2O/c1-13(8-10-3-2-6-12-10)11(14)7-9-4-5-9/h9-10,12H,2-8H2,1H3. The fourth-order valence-electron chi connectivity index (χ4n) is 2.07. The van der Waals surface area contributed by atoms with Crippen LogP contribution < -0.4 is 5.32 Å². The second kappa shape index (κ2) is 4.30. The predicted octanol–water partition coefficient (Wildman–Crippen LogP) is 0.997. The third kappa shape index (κ3) is 2.71. The lowest BCUT2D eigenvalue weighted by Gasteiger charge is -2.21. The SMILES string of the molecule is CN(CC1CCCN1)C(=O)CC1CC1. The average Bonchev–Trinajstić information content (AvgIpc) is 2.81. The van der Waals surface area contributed by atoms with E-state index in [1.54, 1.807) is 0 Å². The largest absolute Gasteiger partial charge is 0.344 e. The van der Waals surface area contributed by atoms with Gasteiger partial charge < -0.3 is 10.2 Å². The van der Waals surface area contributed by atoms with E-state index in [1.807, 2.05) is 11.9 Å². The van der Waals surface area contributed by atoms with Crippen molar-refractivity contribution in [1.29, 1.82) is 0 Å². The first-order valence-electron chi connectivity index (χ1n) is 5.73. The van der Waals surface area contributed by atoms with Crippen molar-refractivity contribution in [2.24, 2.45) is 5.92 Å². The van der Waals surface area contributed by atoms with E-state index in [0.29, 0.717) is 17.9 Å². The van der Waals surface area contributed by atoms with E-state index in [4.69, 9.17) is 0 Å². The topological polar surface area (TPSA) is 32.3 Å². The van der Waals surface area contributed by atoms with E-state index in [1.165, 1.54) is 25.7 Å². The van der Waals surface area contributed by atoms with Gasteiger partial charge in [0.1, 0.15) is 0 Å². The number of carbonyl (C=O) groups is 1. The van der Waals surface area contributed by atoms with Crippen LogP contribution in [-0.2, 0) is 4.79 Å². The fourth-order valence-corrected chi connectivity index (χ4v) is 2.07. The second-order valence-corrected chi connectivity index (χ2v) is 4.72. The molecule has 14 heavy (non-hydrogen) atoms. The first-order chi connectivity index (χ1) is 6.75. The zero-order chi connectivity index (χ0) is 9.97. The zero-order valence-electron chi connectivity index (χ0n) is 8.96. The number of nitrogens with one attached hydrogen (secondary N) is 1. The number of amides is 1. The maximum Gasteiger partial charge on any atom is 0.222 e. The van der Waals surface area contributed by atoms with Crippen molar-refractivity contribution in [3.8, 4) is 0 Å². The summed E-state index contributed by atoms with van der Waals surface area (Å²) < 4.78 is 0. The maximum absolute atomic E-state index is 11.7. The summed E-state index contributed by atoms with van der Waals surface area (Å²) in [6.07, 6.45) is 5.79. The Balaban J connectivity index is 1.69. The molecule has 1 saturated heterocycles. The second-order valence-electron chi connectivity index (χ2n) is 4.72. The summed E-state index contributed by atoms with van der Waals surface area (Å²) in [4.78, 5) is 13.6. The van der Waals surface area contributed by atoms with Crippen LogP contribution in [0.2, 0.25) is 0 Å². The molecule has 1 atom stereocenters. The Morgan fingerprint density at radius 3 is 2.79 bits per heavy atom. The molecule has 1 N–H and O–H groups in total. The molecule has 0 aromatic carbocycles. The van der Waals surface area contributed by atoms with Crippen LogP contribution in [0.4, 0.5) is 0 Å². The van der Waals surface area contributed by atoms with Gasteiger partial charge in [-0.2, -0.15) is 0 Å². The molecule has 1 saturated carbocycles. The fraction of sp³-hybridized carbons (Fsp3) is 0.909. The monoisotopic (exact) mass is 196 g/mol. The van der Waals surface area contributed by atoms with Crippen molar-refractivity contribution in [3.63, 3.8) is 0 Å². The Morgan fingerprint density at radius 2 is 2.21 bits per heavy atom. The number of rotatable bonds is 4. The van der Waals surface area contributed by atoms with Gasteiger partial charge >= 0.3 is 0 Å². The molecule has 3 heteroatoms. The lowest BCUT2D eigenvalue weighted by molar-refractivity contribution is -0.130. The summed E-state index contributed by atoms with van der Waals surface area (Å²) in [6.45, 7) is 2.01. The minimum atomic E-state index is 0.334. The Kier molecular flexibility index (Phi) is 3.06. The smallest absolute Gasteiger partial charge is 0.222 e. The summed E-state index contributed by atoms with van der Waals surface area (Å²) >= 11 is 0. The van der Waals surface area contributed by atoms with Crippen molar-refractivity contribution in [1.82, 2.24) is 10.2 Å². The van der Waals surface area contributed by atoms with Crippen molar-refractivity contribution in [2.45, 2.75) is 38.1 Å². The van der Waals surface area contributed by atoms with Gasteiger partial charge in [0.15, 0.2) is 0 Å². The normalized spacial score (nSPS) is 26.5. The Hall–Kier alpha value is -0.570. The van der Waals surface area contributed by atoms with E-state index in [9.17, 15) is 4.79 Å². The molecule has 0 aromatic heterocycles. The highest BCUT2D eigenvalue weighted by Crippen LogP contribution is 2.32. The number of hydrogen-bond donors (Lipinski definition) is 1. The summed E-state index contributed by atoms with van der Waals surface area (Å²) in [5.41, 5.74) is 0. The van der Waals surface area contributed by atoms with Crippen LogP contribution in [0.3, 0.4) is 0 Å². The molecule has 0 radical (unpaired) electrons. The predicted molar refractivity (Wildman–Crippen MR) is 56.0 cm³/mol. The van der Waals surface area contributed by atoms with E-state index in [-0.39, 0.29) is 0 Å². The maximum atomic E-state index is 11.7. The third-order valence-corrected chi connectivity index (χ3v) is 3.24. The van der Waals surface area contributed by atoms with Crippen molar-refractivity contribution in [3.05, 3.63) is 0 Å². The van der Waals surface area contributed by atoms with Crippen LogP contribution >= 0.6 is 0 Å². The highest BCUT2D eigenvalue weighted by molar-refractivity contribution is 5.76.